The lowest BCUT2D eigenvalue weighted by atomic mass is 9.98. The SMILES string of the molecule is N#Cc1ccc(OC2CC3CCC(C2)N3C(=O)c2ccc(N3CCN(CCNCCNc4ccc5c(c4)C(=O)N(C4CCC(=O)NC4=O)C5=O)CC3)cc2)cc1Cl. The number of halogens is 1. The third-order valence-electron chi connectivity index (χ3n) is 11.8. The lowest BCUT2D eigenvalue weighted by Gasteiger charge is -2.39. The van der Waals surface area contributed by atoms with Crippen LogP contribution in [0.1, 0.15) is 75.2 Å². The van der Waals surface area contributed by atoms with Gasteiger partial charge in [0.25, 0.3) is 17.7 Å². The van der Waals surface area contributed by atoms with Crippen molar-refractivity contribution >= 4 is 52.5 Å². The Morgan fingerprint density at radius 1 is 0.860 bits per heavy atom. The molecule has 3 atom stereocenters. The van der Waals surface area contributed by atoms with Gasteiger partial charge in [0.15, 0.2) is 0 Å². The average molecular weight is 793 g/mol. The summed E-state index contributed by atoms with van der Waals surface area (Å²) in [6, 6.07) is 19.6. The minimum atomic E-state index is -0.982. The number of ether oxygens (including phenoxy) is 1. The molecule has 0 aromatic heterocycles. The van der Waals surface area contributed by atoms with E-state index in [0.717, 1.165) is 75.5 Å². The fraction of sp³-hybridized carbons (Fsp3) is 0.429. The molecule has 3 aromatic rings. The molecule has 5 aliphatic rings. The van der Waals surface area contributed by atoms with Gasteiger partial charge in [-0.3, -0.25) is 39.1 Å². The molecule has 3 N–H and O–H groups in total. The molecule has 57 heavy (non-hydrogen) atoms. The highest BCUT2D eigenvalue weighted by atomic mass is 35.5. The molecule has 3 aromatic carbocycles. The summed E-state index contributed by atoms with van der Waals surface area (Å²) in [6.45, 7) is 6.74. The van der Waals surface area contributed by atoms with E-state index < -0.39 is 29.7 Å². The highest BCUT2D eigenvalue weighted by Crippen LogP contribution is 2.39. The number of hydrogen-bond acceptors (Lipinski definition) is 11. The van der Waals surface area contributed by atoms with Crippen LogP contribution in [0, 0.1) is 11.3 Å². The maximum absolute atomic E-state index is 13.7. The van der Waals surface area contributed by atoms with Gasteiger partial charge in [0, 0.05) is 107 Å². The molecule has 296 valence electrons. The second-order valence-corrected chi connectivity index (χ2v) is 15.7. The first kappa shape index (κ1) is 38.4. The van der Waals surface area contributed by atoms with Gasteiger partial charge < -0.3 is 25.2 Å². The van der Waals surface area contributed by atoms with Gasteiger partial charge in [-0.15, -0.1) is 0 Å². The van der Waals surface area contributed by atoms with Crippen molar-refractivity contribution in [1.82, 2.24) is 25.3 Å². The predicted octanol–water partition coefficient (Wildman–Crippen LogP) is 3.65. The zero-order valence-electron chi connectivity index (χ0n) is 31.5. The van der Waals surface area contributed by atoms with Gasteiger partial charge in [0.2, 0.25) is 11.8 Å². The number of piperidine rings is 2. The highest BCUT2D eigenvalue weighted by molar-refractivity contribution is 6.31. The fourth-order valence-electron chi connectivity index (χ4n) is 8.84. The second-order valence-electron chi connectivity index (χ2n) is 15.3. The predicted molar refractivity (Wildman–Crippen MR) is 212 cm³/mol. The van der Waals surface area contributed by atoms with Crippen LogP contribution in [0.2, 0.25) is 5.02 Å². The number of carbonyl (C=O) groups excluding carboxylic acids is 5. The van der Waals surface area contributed by atoms with Gasteiger partial charge >= 0.3 is 0 Å². The van der Waals surface area contributed by atoms with Gasteiger partial charge in [-0.1, -0.05) is 11.6 Å². The Kier molecular flexibility index (Phi) is 11.1. The van der Waals surface area contributed by atoms with Gasteiger partial charge in [-0.05, 0) is 73.9 Å². The van der Waals surface area contributed by atoms with Gasteiger partial charge in [-0.2, -0.15) is 5.26 Å². The van der Waals surface area contributed by atoms with E-state index in [1.54, 1.807) is 36.4 Å². The summed E-state index contributed by atoms with van der Waals surface area (Å²) in [5.74, 6) is -1.32. The van der Waals surface area contributed by atoms with Crippen LogP contribution < -0.4 is 25.6 Å². The number of anilines is 2. The van der Waals surface area contributed by atoms with Crippen molar-refractivity contribution in [3.05, 3.63) is 87.9 Å². The molecular weight excluding hydrogens is 748 g/mol. The molecule has 5 aliphatic heterocycles. The summed E-state index contributed by atoms with van der Waals surface area (Å²) in [4.78, 5) is 71.5. The number of imide groups is 2. The monoisotopic (exact) mass is 792 g/mol. The summed E-state index contributed by atoms with van der Waals surface area (Å²) in [5, 5.41) is 18.5. The summed E-state index contributed by atoms with van der Waals surface area (Å²) in [5.41, 5.74) is 3.48. The van der Waals surface area contributed by atoms with Gasteiger partial charge in [0.1, 0.15) is 24.0 Å². The zero-order valence-corrected chi connectivity index (χ0v) is 32.3. The summed E-state index contributed by atoms with van der Waals surface area (Å²) >= 11 is 6.21. The van der Waals surface area contributed by atoms with Crippen molar-refractivity contribution in [2.24, 2.45) is 0 Å². The normalized spacial score (nSPS) is 23.3. The van der Waals surface area contributed by atoms with Gasteiger partial charge in [0.05, 0.1) is 21.7 Å². The van der Waals surface area contributed by atoms with Crippen LogP contribution in [0.15, 0.2) is 60.7 Å². The fourth-order valence-corrected chi connectivity index (χ4v) is 9.05. The number of piperazine rings is 1. The molecule has 0 spiro atoms. The Morgan fingerprint density at radius 3 is 2.30 bits per heavy atom. The van der Waals surface area contributed by atoms with Crippen molar-refractivity contribution in [3.63, 3.8) is 0 Å². The van der Waals surface area contributed by atoms with E-state index in [1.165, 1.54) is 0 Å². The van der Waals surface area contributed by atoms with Crippen LogP contribution in [0.25, 0.3) is 0 Å². The molecule has 0 saturated carbocycles. The largest absolute Gasteiger partial charge is 0.490 e. The number of hydrogen-bond donors (Lipinski definition) is 3. The molecule has 8 rings (SSSR count). The van der Waals surface area contributed by atoms with Crippen molar-refractivity contribution < 1.29 is 28.7 Å². The van der Waals surface area contributed by atoms with Gasteiger partial charge in [-0.25, -0.2) is 0 Å². The molecular formula is C42H45ClN8O6. The van der Waals surface area contributed by atoms with Crippen molar-refractivity contribution in [2.75, 3.05) is 62.6 Å². The average Bonchev–Trinajstić information content (AvgIpc) is 3.63. The van der Waals surface area contributed by atoms with E-state index in [-0.39, 0.29) is 48.1 Å². The minimum absolute atomic E-state index is 0.00132. The van der Waals surface area contributed by atoms with E-state index in [0.29, 0.717) is 40.7 Å². The van der Waals surface area contributed by atoms with Crippen LogP contribution in [0.5, 0.6) is 5.75 Å². The topological polar surface area (TPSA) is 167 Å². The number of nitriles is 1. The van der Waals surface area contributed by atoms with Crippen LogP contribution >= 0.6 is 11.6 Å². The first-order valence-corrected chi connectivity index (χ1v) is 20.1. The second kappa shape index (κ2) is 16.5. The Balaban J connectivity index is 0.736. The summed E-state index contributed by atoms with van der Waals surface area (Å²) < 4.78 is 6.25. The lowest BCUT2D eigenvalue weighted by molar-refractivity contribution is -0.136. The van der Waals surface area contributed by atoms with Crippen molar-refractivity contribution in [1.29, 1.82) is 5.26 Å². The van der Waals surface area contributed by atoms with E-state index in [4.69, 9.17) is 21.6 Å². The Morgan fingerprint density at radius 2 is 1.60 bits per heavy atom. The quantitative estimate of drug-likeness (QED) is 0.181. The number of nitrogens with zero attached hydrogens (tertiary/aromatic N) is 5. The number of rotatable bonds is 12. The number of benzene rings is 3. The third-order valence-corrected chi connectivity index (χ3v) is 12.1. The zero-order chi connectivity index (χ0) is 39.6. The van der Waals surface area contributed by atoms with Crippen molar-refractivity contribution in [3.8, 4) is 11.8 Å². The van der Waals surface area contributed by atoms with E-state index in [9.17, 15) is 24.0 Å². The number of nitrogens with one attached hydrogen (secondary N) is 3. The molecule has 2 bridgehead atoms. The molecule has 4 saturated heterocycles. The molecule has 5 amide bonds. The summed E-state index contributed by atoms with van der Waals surface area (Å²) in [6.07, 6.45) is 3.69. The number of fused-ring (bicyclic) bond motifs is 3. The van der Waals surface area contributed by atoms with Crippen LogP contribution in [-0.4, -0.2) is 121 Å². The molecule has 3 unspecified atom stereocenters. The summed E-state index contributed by atoms with van der Waals surface area (Å²) in [7, 11) is 0. The lowest BCUT2D eigenvalue weighted by Crippen LogP contribution is -2.54. The molecule has 14 nitrogen and oxygen atoms in total. The minimum Gasteiger partial charge on any atom is -0.490 e. The third kappa shape index (κ3) is 8.05. The Bertz CT molecular complexity index is 2100. The molecule has 4 fully saturated rings. The standard InChI is InChI=1S/C42H45ClN8O6/c43-36-24-32(9-3-27(36)25-44)57-33-22-30-7-8-31(23-33)50(30)40(54)26-1-5-29(6-2-26)49-19-17-48(18-20-49)16-15-45-13-14-46-28-4-10-34-35(21-28)42(56)51(41(34)55)37-11-12-38(52)47-39(37)53/h1-6,9-10,21,24,30-31,33,37,45-46H,7-8,11-20,22-23H2,(H,47,52,53). The highest BCUT2D eigenvalue weighted by Gasteiger charge is 2.46. The van der Waals surface area contributed by atoms with E-state index in [2.05, 4.69) is 48.9 Å². The van der Waals surface area contributed by atoms with Crippen LogP contribution in [-0.2, 0) is 9.59 Å². The van der Waals surface area contributed by atoms with E-state index >= 15 is 0 Å². The van der Waals surface area contributed by atoms with E-state index in [1.807, 2.05) is 12.1 Å². The first-order valence-electron chi connectivity index (χ1n) is 19.7. The smallest absolute Gasteiger partial charge is 0.262 e. The Hall–Kier alpha value is -5.49. The first-order chi connectivity index (χ1) is 27.7. The maximum Gasteiger partial charge on any atom is 0.262 e. The number of carbonyl (C=O) groups is 5. The van der Waals surface area contributed by atoms with Crippen LogP contribution in [0.3, 0.4) is 0 Å². The molecule has 0 radical (unpaired) electrons. The maximum atomic E-state index is 13.7. The van der Waals surface area contributed by atoms with Crippen LogP contribution in [0.4, 0.5) is 11.4 Å². The van der Waals surface area contributed by atoms with Crippen molar-refractivity contribution in [2.45, 2.75) is 62.8 Å². The Labute approximate surface area is 336 Å². The molecule has 15 heteroatoms. The molecule has 5 heterocycles. The number of amides is 5. The molecule has 0 aliphatic carbocycles.